The second kappa shape index (κ2) is 11.9. The number of methoxy groups -OCH3 is 1. The van der Waals surface area contributed by atoms with E-state index in [2.05, 4.69) is 29.6 Å². The Labute approximate surface area is 208 Å². The fourth-order valence-electron chi connectivity index (χ4n) is 5.11. The average Bonchev–Trinajstić information content (AvgIpc) is 3.40. The van der Waals surface area contributed by atoms with E-state index in [0.29, 0.717) is 25.8 Å². The van der Waals surface area contributed by atoms with Crippen LogP contribution >= 0.6 is 0 Å². The number of fused-ring (bicyclic) bond motifs is 1. The number of aryl methyl sites for hydroxylation is 1. The predicted molar refractivity (Wildman–Crippen MR) is 140 cm³/mol. The van der Waals surface area contributed by atoms with E-state index in [-0.39, 0.29) is 17.9 Å². The van der Waals surface area contributed by atoms with Gasteiger partial charge in [0.15, 0.2) is 0 Å². The average molecular weight is 473 g/mol. The largest absolute Gasteiger partial charge is 0.497 e. The number of benzene rings is 3. The maximum atomic E-state index is 13.6. The third-order valence-corrected chi connectivity index (χ3v) is 7.09. The maximum absolute atomic E-state index is 13.6. The molecule has 0 aromatic heterocycles. The Hall–Kier alpha value is -3.34. The zero-order valence-corrected chi connectivity index (χ0v) is 20.8. The van der Waals surface area contributed by atoms with E-state index >= 15 is 0 Å². The topological polar surface area (TPSA) is 58.6 Å². The molecule has 5 heteroatoms. The van der Waals surface area contributed by atoms with Gasteiger partial charge in [0.05, 0.1) is 7.11 Å². The van der Waals surface area contributed by atoms with Crippen molar-refractivity contribution in [3.63, 3.8) is 0 Å². The van der Waals surface area contributed by atoms with E-state index in [0.717, 1.165) is 42.6 Å². The normalized spacial score (nSPS) is 14.6. The van der Waals surface area contributed by atoms with Gasteiger partial charge in [0.1, 0.15) is 11.8 Å². The minimum atomic E-state index is -0.488. The van der Waals surface area contributed by atoms with Crippen molar-refractivity contribution in [1.82, 2.24) is 10.2 Å². The van der Waals surface area contributed by atoms with Crippen molar-refractivity contribution in [2.24, 2.45) is 0 Å². The standard InChI is InChI=1S/C30H36N2O3/c1-3-28(30(34)31-25-12-5-6-13-25)32(21-22-15-18-26(35-2)19-16-22)29(33)20-17-24-11-8-10-23-9-4-7-14-27(23)24/h4,7-11,14-16,18-19,25,28H,3,5-6,12-13,17,20-21H2,1-2H3,(H,31,34)/t28-/m0/s1. The van der Waals surface area contributed by atoms with Crippen molar-refractivity contribution in [3.8, 4) is 5.75 Å². The quantitative estimate of drug-likeness (QED) is 0.415. The fourth-order valence-corrected chi connectivity index (χ4v) is 5.11. The van der Waals surface area contributed by atoms with Gasteiger partial charge in [0.25, 0.3) is 0 Å². The number of ether oxygens (including phenoxy) is 1. The molecule has 1 aliphatic carbocycles. The summed E-state index contributed by atoms with van der Waals surface area (Å²) in [6, 6.07) is 21.9. The molecule has 4 rings (SSSR count). The number of nitrogens with zero attached hydrogens (tertiary/aromatic N) is 1. The Bertz CT molecular complexity index is 1130. The highest BCUT2D eigenvalue weighted by molar-refractivity contribution is 5.89. The summed E-state index contributed by atoms with van der Waals surface area (Å²) in [7, 11) is 1.64. The fraction of sp³-hybridized carbons (Fsp3) is 0.400. The third-order valence-electron chi connectivity index (χ3n) is 7.09. The summed E-state index contributed by atoms with van der Waals surface area (Å²) in [5.74, 6) is 0.738. The van der Waals surface area contributed by atoms with Crippen LogP contribution in [0.25, 0.3) is 10.8 Å². The zero-order chi connectivity index (χ0) is 24.6. The molecule has 1 N–H and O–H groups in total. The Balaban J connectivity index is 1.53. The summed E-state index contributed by atoms with van der Waals surface area (Å²) < 4.78 is 5.28. The first-order chi connectivity index (χ1) is 17.1. The molecule has 3 aromatic carbocycles. The van der Waals surface area contributed by atoms with E-state index in [9.17, 15) is 9.59 Å². The van der Waals surface area contributed by atoms with Crippen LogP contribution in [0.5, 0.6) is 5.75 Å². The summed E-state index contributed by atoms with van der Waals surface area (Å²) in [6.45, 7) is 2.38. The van der Waals surface area contributed by atoms with Crippen LogP contribution in [0.3, 0.4) is 0 Å². The van der Waals surface area contributed by atoms with Gasteiger partial charge < -0.3 is 15.0 Å². The molecule has 0 aliphatic heterocycles. The molecule has 2 amide bonds. The van der Waals surface area contributed by atoms with Gasteiger partial charge in [0, 0.05) is 19.0 Å². The van der Waals surface area contributed by atoms with Gasteiger partial charge in [-0.25, -0.2) is 0 Å². The minimum Gasteiger partial charge on any atom is -0.497 e. The molecule has 3 aromatic rings. The molecule has 1 saturated carbocycles. The highest BCUT2D eigenvalue weighted by Gasteiger charge is 2.30. The van der Waals surface area contributed by atoms with Crippen LogP contribution in [-0.2, 0) is 22.6 Å². The number of amides is 2. The molecule has 0 unspecified atom stereocenters. The number of carbonyl (C=O) groups excluding carboxylic acids is 2. The van der Waals surface area contributed by atoms with Crippen molar-refractivity contribution < 1.29 is 14.3 Å². The predicted octanol–water partition coefficient (Wildman–Crippen LogP) is 5.65. The monoisotopic (exact) mass is 472 g/mol. The van der Waals surface area contributed by atoms with Gasteiger partial charge in [-0.05, 0) is 59.7 Å². The molecule has 35 heavy (non-hydrogen) atoms. The molecule has 5 nitrogen and oxygen atoms in total. The lowest BCUT2D eigenvalue weighted by Gasteiger charge is -2.31. The summed E-state index contributed by atoms with van der Waals surface area (Å²) in [4.78, 5) is 28.7. The highest BCUT2D eigenvalue weighted by atomic mass is 16.5. The smallest absolute Gasteiger partial charge is 0.243 e. The second-order valence-corrected chi connectivity index (χ2v) is 9.42. The van der Waals surface area contributed by atoms with E-state index in [4.69, 9.17) is 4.74 Å². The van der Waals surface area contributed by atoms with E-state index in [1.807, 2.05) is 49.4 Å². The first-order valence-corrected chi connectivity index (χ1v) is 12.8. The summed E-state index contributed by atoms with van der Waals surface area (Å²) in [5.41, 5.74) is 2.14. The van der Waals surface area contributed by atoms with Crippen LogP contribution in [0.4, 0.5) is 0 Å². The first kappa shape index (κ1) is 24.8. The Morgan fingerprint density at radius 2 is 1.71 bits per heavy atom. The van der Waals surface area contributed by atoms with Crippen molar-refractivity contribution in [2.45, 2.75) is 70.5 Å². The van der Waals surface area contributed by atoms with Gasteiger partial charge in [-0.2, -0.15) is 0 Å². The molecule has 184 valence electrons. The third kappa shape index (κ3) is 6.21. The number of hydrogen-bond donors (Lipinski definition) is 1. The SMILES string of the molecule is CC[C@@H](C(=O)NC1CCCC1)N(Cc1ccc(OC)cc1)C(=O)CCc1cccc2ccccc12. The minimum absolute atomic E-state index is 0.00201. The summed E-state index contributed by atoms with van der Waals surface area (Å²) in [5, 5.41) is 5.57. The number of hydrogen-bond acceptors (Lipinski definition) is 3. The number of nitrogens with one attached hydrogen (secondary N) is 1. The van der Waals surface area contributed by atoms with Crippen LogP contribution in [0.15, 0.2) is 66.7 Å². The van der Waals surface area contributed by atoms with E-state index in [1.54, 1.807) is 12.0 Å². The Kier molecular flexibility index (Phi) is 8.40. The first-order valence-electron chi connectivity index (χ1n) is 12.8. The van der Waals surface area contributed by atoms with Crippen LogP contribution in [0.1, 0.15) is 56.6 Å². The molecule has 0 saturated heterocycles. The lowest BCUT2D eigenvalue weighted by atomic mass is 10.00. The van der Waals surface area contributed by atoms with Crippen LogP contribution in [0, 0.1) is 0 Å². The molecule has 0 radical (unpaired) electrons. The molecule has 0 spiro atoms. The molecule has 1 aliphatic rings. The van der Waals surface area contributed by atoms with Crippen LogP contribution in [-0.4, -0.2) is 35.9 Å². The maximum Gasteiger partial charge on any atom is 0.243 e. The van der Waals surface area contributed by atoms with Crippen molar-refractivity contribution in [3.05, 3.63) is 77.9 Å². The van der Waals surface area contributed by atoms with Gasteiger partial charge in [0.2, 0.25) is 11.8 Å². The highest BCUT2D eigenvalue weighted by Crippen LogP contribution is 2.23. The molecular formula is C30H36N2O3. The number of carbonyl (C=O) groups is 2. The van der Waals surface area contributed by atoms with Crippen molar-refractivity contribution in [2.75, 3.05) is 7.11 Å². The molecule has 0 bridgehead atoms. The van der Waals surface area contributed by atoms with Crippen LogP contribution in [0.2, 0.25) is 0 Å². The lowest BCUT2D eigenvalue weighted by Crippen LogP contribution is -2.51. The van der Waals surface area contributed by atoms with Crippen LogP contribution < -0.4 is 10.1 Å². The van der Waals surface area contributed by atoms with E-state index < -0.39 is 6.04 Å². The molecule has 0 heterocycles. The van der Waals surface area contributed by atoms with Gasteiger partial charge in [-0.15, -0.1) is 0 Å². The molecular weight excluding hydrogens is 436 g/mol. The second-order valence-electron chi connectivity index (χ2n) is 9.42. The van der Waals surface area contributed by atoms with Gasteiger partial charge in [-0.3, -0.25) is 9.59 Å². The summed E-state index contributed by atoms with van der Waals surface area (Å²) in [6.07, 6.45) is 5.93. The Morgan fingerprint density at radius 3 is 2.43 bits per heavy atom. The molecule has 1 atom stereocenters. The zero-order valence-electron chi connectivity index (χ0n) is 20.8. The number of rotatable bonds is 10. The Morgan fingerprint density at radius 1 is 1.00 bits per heavy atom. The van der Waals surface area contributed by atoms with Gasteiger partial charge in [-0.1, -0.05) is 74.4 Å². The summed E-state index contributed by atoms with van der Waals surface area (Å²) >= 11 is 0. The van der Waals surface area contributed by atoms with Crippen molar-refractivity contribution in [1.29, 1.82) is 0 Å². The molecule has 1 fully saturated rings. The van der Waals surface area contributed by atoms with E-state index in [1.165, 1.54) is 10.8 Å². The van der Waals surface area contributed by atoms with Gasteiger partial charge >= 0.3 is 0 Å². The lowest BCUT2D eigenvalue weighted by molar-refractivity contribution is -0.141. The van der Waals surface area contributed by atoms with Crippen molar-refractivity contribution >= 4 is 22.6 Å².